The van der Waals surface area contributed by atoms with Crippen LogP contribution in [0.1, 0.15) is 39.7 Å². The number of hydrogen-bond donors (Lipinski definition) is 1. The highest BCUT2D eigenvalue weighted by Crippen LogP contribution is 2.21. The van der Waals surface area contributed by atoms with Gasteiger partial charge in [0.05, 0.1) is 5.02 Å². The average Bonchev–Trinajstić information content (AvgIpc) is 2.28. The van der Waals surface area contributed by atoms with E-state index < -0.39 is 0 Å². The van der Waals surface area contributed by atoms with Gasteiger partial charge in [0.2, 0.25) is 0 Å². The molecule has 1 aromatic heterocycles. The largest absolute Gasteiger partial charge is 0.314 e. The van der Waals surface area contributed by atoms with E-state index in [9.17, 15) is 0 Å². The van der Waals surface area contributed by atoms with Crippen molar-refractivity contribution in [2.45, 2.75) is 46.6 Å². The number of nitrogens with zero attached hydrogens (tertiary/aromatic N) is 1. The molecular formula is C15H25ClN2. The lowest BCUT2D eigenvalue weighted by molar-refractivity contribution is 0.373. The molecule has 102 valence electrons. The van der Waals surface area contributed by atoms with Crippen molar-refractivity contribution in [1.29, 1.82) is 0 Å². The first-order chi connectivity index (χ1) is 8.49. The van der Waals surface area contributed by atoms with Crippen LogP contribution in [0.25, 0.3) is 0 Å². The number of aromatic nitrogens is 1. The first-order valence-electron chi connectivity index (χ1n) is 6.80. The van der Waals surface area contributed by atoms with Crippen molar-refractivity contribution in [2.24, 2.45) is 11.8 Å². The maximum absolute atomic E-state index is 6.18. The molecule has 1 heterocycles. The van der Waals surface area contributed by atoms with Crippen molar-refractivity contribution >= 4 is 11.6 Å². The van der Waals surface area contributed by atoms with Crippen molar-refractivity contribution in [1.82, 2.24) is 10.3 Å². The molecule has 0 aliphatic carbocycles. The van der Waals surface area contributed by atoms with Crippen LogP contribution in [0.15, 0.2) is 18.5 Å². The summed E-state index contributed by atoms with van der Waals surface area (Å²) in [4.78, 5) is 4.04. The van der Waals surface area contributed by atoms with Gasteiger partial charge in [-0.15, -0.1) is 0 Å². The highest BCUT2D eigenvalue weighted by atomic mass is 35.5. The summed E-state index contributed by atoms with van der Waals surface area (Å²) in [5, 5.41) is 4.32. The second-order valence-electron chi connectivity index (χ2n) is 5.73. The van der Waals surface area contributed by atoms with Gasteiger partial charge in [-0.25, -0.2) is 0 Å². The van der Waals surface area contributed by atoms with E-state index in [1.807, 2.05) is 12.3 Å². The van der Waals surface area contributed by atoms with Gasteiger partial charge in [-0.3, -0.25) is 4.98 Å². The molecule has 1 aromatic rings. The molecule has 1 unspecified atom stereocenters. The Morgan fingerprint density at radius 1 is 1.28 bits per heavy atom. The Hall–Kier alpha value is -0.600. The van der Waals surface area contributed by atoms with Crippen molar-refractivity contribution in [3.8, 4) is 0 Å². The second kappa shape index (κ2) is 7.75. The first kappa shape index (κ1) is 15.5. The summed E-state index contributed by atoms with van der Waals surface area (Å²) in [6.45, 7) is 9.97. The molecule has 2 nitrogen and oxygen atoms in total. The van der Waals surface area contributed by atoms with Crippen LogP contribution in [0.4, 0.5) is 0 Å². The molecule has 0 saturated carbocycles. The van der Waals surface area contributed by atoms with Crippen LogP contribution in [-0.4, -0.2) is 17.6 Å². The van der Waals surface area contributed by atoms with E-state index in [0.717, 1.165) is 18.0 Å². The van der Waals surface area contributed by atoms with Crippen LogP contribution < -0.4 is 5.32 Å². The molecule has 0 radical (unpaired) electrons. The minimum Gasteiger partial charge on any atom is -0.314 e. The summed E-state index contributed by atoms with van der Waals surface area (Å²) in [5.41, 5.74) is 1.21. The summed E-state index contributed by atoms with van der Waals surface area (Å²) in [6, 6.07) is 2.57. The predicted octanol–water partition coefficient (Wildman–Crippen LogP) is 3.94. The van der Waals surface area contributed by atoms with Crippen molar-refractivity contribution in [3.05, 3.63) is 29.0 Å². The Morgan fingerprint density at radius 3 is 2.56 bits per heavy atom. The van der Waals surface area contributed by atoms with Gasteiger partial charge in [0.25, 0.3) is 0 Å². The molecule has 1 rings (SSSR count). The fourth-order valence-electron chi connectivity index (χ4n) is 2.19. The van der Waals surface area contributed by atoms with Gasteiger partial charge in [0.1, 0.15) is 0 Å². The quantitative estimate of drug-likeness (QED) is 0.810. The number of halogens is 1. The monoisotopic (exact) mass is 268 g/mol. The zero-order chi connectivity index (χ0) is 13.5. The highest BCUT2D eigenvalue weighted by molar-refractivity contribution is 6.31. The third-order valence-electron chi connectivity index (χ3n) is 2.98. The zero-order valence-corrected chi connectivity index (χ0v) is 12.7. The zero-order valence-electron chi connectivity index (χ0n) is 11.9. The van der Waals surface area contributed by atoms with Gasteiger partial charge in [-0.1, -0.05) is 39.3 Å². The molecule has 0 saturated heterocycles. The standard InChI is InChI=1S/C15H25ClN2/c1-11(2)7-13(9-18-12(3)4)8-14-5-6-17-10-15(14)16/h5-6,10-13,18H,7-9H2,1-4H3. The lowest BCUT2D eigenvalue weighted by Crippen LogP contribution is -2.30. The van der Waals surface area contributed by atoms with E-state index in [1.165, 1.54) is 12.0 Å². The molecule has 1 atom stereocenters. The van der Waals surface area contributed by atoms with Gasteiger partial charge in [0, 0.05) is 18.4 Å². The second-order valence-corrected chi connectivity index (χ2v) is 6.14. The molecule has 0 aliphatic rings. The van der Waals surface area contributed by atoms with Crippen LogP contribution in [0.2, 0.25) is 5.02 Å². The Bertz CT molecular complexity index is 350. The number of hydrogen-bond acceptors (Lipinski definition) is 2. The number of rotatable bonds is 7. The SMILES string of the molecule is CC(C)CC(CNC(C)C)Cc1ccncc1Cl. The van der Waals surface area contributed by atoms with E-state index in [1.54, 1.807) is 6.20 Å². The Balaban J connectivity index is 2.62. The Morgan fingerprint density at radius 2 is 2.00 bits per heavy atom. The summed E-state index contributed by atoms with van der Waals surface area (Å²) in [7, 11) is 0. The van der Waals surface area contributed by atoms with Gasteiger partial charge in [-0.2, -0.15) is 0 Å². The smallest absolute Gasteiger partial charge is 0.0621 e. The molecular weight excluding hydrogens is 244 g/mol. The summed E-state index contributed by atoms with van der Waals surface area (Å²) < 4.78 is 0. The predicted molar refractivity (Wildman–Crippen MR) is 79.0 cm³/mol. The lowest BCUT2D eigenvalue weighted by Gasteiger charge is -2.21. The van der Waals surface area contributed by atoms with Gasteiger partial charge < -0.3 is 5.32 Å². The van der Waals surface area contributed by atoms with Crippen molar-refractivity contribution < 1.29 is 0 Å². The maximum Gasteiger partial charge on any atom is 0.0621 e. The van der Waals surface area contributed by atoms with E-state index in [0.29, 0.717) is 17.9 Å². The van der Waals surface area contributed by atoms with Gasteiger partial charge in [0.15, 0.2) is 0 Å². The third kappa shape index (κ3) is 5.83. The van der Waals surface area contributed by atoms with E-state index in [-0.39, 0.29) is 0 Å². The van der Waals surface area contributed by atoms with Crippen LogP contribution in [0.5, 0.6) is 0 Å². The van der Waals surface area contributed by atoms with E-state index in [2.05, 4.69) is 38.0 Å². The van der Waals surface area contributed by atoms with Crippen molar-refractivity contribution in [3.63, 3.8) is 0 Å². The molecule has 0 amide bonds. The molecule has 0 bridgehead atoms. The summed E-state index contributed by atoms with van der Waals surface area (Å²) >= 11 is 6.18. The molecule has 0 spiro atoms. The Kier molecular flexibility index (Phi) is 6.66. The topological polar surface area (TPSA) is 24.9 Å². The molecule has 0 aliphatic heterocycles. The van der Waals surface area contributed by atoms with E-state index >= 15 is 0 Å². The lowest BCUT2D eigenvalue weighted by atomic mass is 9.91. The molecule has 0 aromatic carbocycles. The normalized spacial score (nSPS) is 13.3. The minimum atomic E-state index is 0.535. The summed E-state index contributed by atoms with van der Waals surface area (Å²) in [6.07, 6.45) is 5.81. The molecule has 1 N–H and O–H groups in total. The maximum atomic E-state index is 6.18. The fourth-order valence-corrected chi connectivity index (χ4v) is 2.38. The fraction of sp³-hybridized carbons (Fsp3) is 0.667. The Labute approximate surface area is 116 Å². The third-order valence-corrected chi connectivity index (χ3v) is 3.32. The minimum absolute atomic E-state index is 0.535. The van der Waals surface area contributed by atoms with Crippen LogP contribution >= 0.6 is 11.6 Å². The summed E-state index contributed by atoms with van der Waals surface area (Å²) in [5.74, 6) is 1.34. The molecule has 18 heavy (non-hydrogen) atoms. The average molecular weight is 269 g/mol. The number of nitrogens with one attached hydrogen (secondary N) is 1. The molecule has 3 heteroatoms. The van der Waals surface area contributed by atoms with Crippen LogP contribution in [0, 0.1) is 11.8 Å². The highest BCUT2D eigenvalue weighted by Gasteiger charge is 2.14. The van der Waals surface area contributed by atoms with Gasteiger partial charge in [-0.05, 0) is 42.9 Å². The van der Waals surface area contributed by atoms with Crippen molar-refractivity contribution in [2.75, 3.05) is 6.54 Å². The van der Waals surface area contributed by atoms with Crippen LogP contribution in [0.3, 0.4) is 0 Å². The first-order valence-corrected chi connectivity index (χ1v) is 7.18. The van der Waals surface area contributed by atoms with E-state index in [4.69, 9.17) is 11.6 Å². The van der Waals surface area contributed by atoms with Gasteiger partial charge >= 0.3 is 0 Å². The van der Waals surface area contributed by atoms with Crippen LogP contribution in [-0.2, 0) is 6.42 Å². The number of pyridine rings is 1. The molecule has 0 fully saturated rings.